The van der Waals surface area contributed by atoms with Crippen LogP contribution in [0.5, 0.6) is 0 Å². The maximum absolute atomic E-state index is 12.8. The molecule has 0 radical (unpaired) electrons. The molecule has 10 heteroatoms. The minimum atomic E-state index is -4.38. The van der Waals surface area contributed by atoms with Gasteiger partial charge in [-0.15, -0.1) is 0 Å². The van der Waals surface area contributed by atoms with Crippen molar-refractivity contribution in [2.75, 3.05) is 47.5 Å². The van der Waals surface area contributed by atoms with Crippen molar-refractivity contribution in [1.29, 1.82) is 0 Å². The Kier molecular flexibility index (Phi) is 44.6. The summed E-state index contributed by atoms with van der Waals surface area (Å²) in [5.41, 5.74) is 0. The molecule has 0 fully saturated rings. The molecule has 0 aliphatic carbocycles. The van der Waals surface area contributed by atoms with E-state index in [1.54, 1.807) is 0 Å². The van der Waals surface area contributed by atoms with E-state index in [-0.39, 0.29) is 32.0 Å². The maximum atomic E-state index is 12.8. The highest BCUT2D eigenvalue weighted by Gasteiger charge is 2.27. The van der Waals surface area contributed by atoms with Crippen LogP contribution in [0.25, 0.3) is 0 Å². The topological polar surface area (TPSA) is 108 Å². The predicted molar refractivity (Wildman–Crippen MR) is 270 cm³/mol. The van der Waals surface area contributed by atoms with Crippen LogP contribution in [0.1, 0.15) is 232 Å². The normalized spacial score (nSPS) is 13.8. The van der Waals surface area contributed by atoms with Crippen molar-refractivity contribution >= 4 is 19.8 Å². The Morgan fingerprint density at radius 2 is 0.891 bits per heavy atom. The van der Waals surface area contributed by atoms with Gasteiger partial charge in [0.2, 0.25) is 0 Å². The molecule has 1 N–H and O–H groups in total. The largest absolute Gasteiger partial charge is 0.472 e. The summed E-state index contributed by atoms with van der Waals surface area (Å²) in [6, 6.07) is 0. The number of esters is 2. The molecule has 2 atom stereocenters. The van der Waals surface area contributed by atoms with E-state index in [9.17, 15) is 19.0 Å². The van der Waals surface area contributed by atoms with Gasteiger partial charge in [-0.2, -0.15) is 0 Å². The number of carbonyl (C=O) groups excluding carboxylic acids is 2. The Morgan fingerprint density at radius 1 is 0.500 bits per heavy atom. The standard InChI is InChI=1S/C54H100NO8P/c1-6-8-10-12-14-16-18-20-22-24-25-26-27-28-29-31-32-34-36-38-40-42-44-46-53(56)60-50-52(51-62-64(58,59)61-49-48-55(3,4)5)63-54(57)47-45-43-41-39-37-35-33-30-23-21-19-17-15-13-11-9-7-2/h9,11,15,17,21,23-25,52H,6-8,10,12-14,16,18-20,22,26-51H2,1-5H3/p+1/b11-9-,17-15-,23-21-,25-24-. The van der Waals surface area contributed by atoms with Crippen LogP contribution >= 0.6 is 7.82 Å². The lowest BCUT2D eigenvalue weighted by molar-refractivity contribution is -0.870. The van der Waals surface area contributed by atoms with Gasteiger partial charge in [-0.25, -0.2) is 4.57 Å². The van der Waals surface area contributed by atoms with Crippen molar-refractivity contribution in [1.82, 2.24) is 0 Å². The number of hydrogen-bond donors (Lipinski definition) is 1. The van der Waals surface area contributed by atoms with E-state index in [2.05, 4.69) is 62.5 Å². The Morgan fingerprint density at radius 3 is 1.34 bits per heavy atom. The monoisotopic (exact) mass is 923 g/mol. The van der Waals surface area contributed by atoms with Crippen molar-refractivity contribution in [3.8, 4) is 0 Å². The minimum Gasteiger partial charge on any atom is -0.462 e. The van der Waals surface area contributed by atoms with Gasteiger partial charge >= 0.3 is 19.8 Å². The molecule has 64 heavy (non-hydrogen) atoms. The average Bonchev–Trinajstić information content (AvgIpc) is 3.25. The number of unbranched alkanes of at least 4 members (excludes halogenated alkanes) is 26. The molecule has 374 valence electrons. The number of carbonyl (C=O) groups is 2. The lowest BCUT2D eigenvalue weighted by Crippen LogP contribution is -2.37. The summed E-state index contributed by atoms with van der Waals surface area (Å²) in [5.74, 6) is -0.805. The molecule has 0 rings (SSSR count). The molecular weight excluding hydrogens is 822 g/mol. The maximum Gasteiger partial charge on any atom is 0.472 e. The minimum absolute atomic E-state index is 0.0287. The van der Waals surface area contributed by atoms with Crippen molar-refractivity contribution in [3.05, 3.63) is 48.6 Å². The Balaban J connectivity index is 4.21. The summed E-state index contributed by atoms with van der Waals surface area (Å²) in [5, 5.41) is 0. The van der Waals surface area contributed by atoms with Gasteiger partial charge in [0.15, 0.2) is 6.10 Å². The van der Waals surface area contributed by atoms with Crippen LogP contribution in [-0.4, -0.2) is 74.9 Å². The molecule has 0 spiro atoms. The molecule has 0 heterocycles. The molecular formula is C54H101NO8P+. The molecule has 0 aromatic carbocycles. The van der Waals surface area contributed by atoms with Gasteiger partial charge in [0.1, 0.15) is 19.8 Å². The van der Waals surface area contributed by atoms with Gasteiger partial charge < -0.3 is 18.9 Å². The van der Waals surface area contributed by atoms with Crippen LogP contribution < -0.4 is 0 Å². The third kappa shape index (κ3) is 49.4. The fourth-order valence-electron chi connectivity index (χ4n) is 7.26. The van der Waals surface area contributed by atoms with Gasteiger partial charge in [0, 0.05) is 12.8 Å². The fraction of sp³-hybridized carbons (Fsp3) is 0.815. The zero-order valence-electron chi connectivity index (χ0n) is 42.3. The zero-order valence-corrected chi connectivity index (χ0v) is 43.2. The van der Waals surface area contributed by atoms with Crippen molar-refractivity contribution in [2.45, 2.75) is 238 Å². The van der Waals surface area contributed by atoms with Gasteiger partial charge in [-0.1, -0.05) is 197 Å². The first-order valence-corrected chi connectivity index (χ1v) is 27.9. The molecule has 0 aliphatic heterocycles. The first-order valence-electron chi connectivity index (χ1n) is 26.4. The number of nitrogens with zero attached hydrogens (tertiary/aromatic N) is 1. The van der Waals surface area contributed by atoms with Gasteiger partial charge in [-0.3, -0.25) is 18.6 Å². The van der Waals surface area contributed by atoms with Gasteiger partial charge in [0.25, 0.3) is 0 Å². The number of hydrogen-bond acceptors (Lipinski definition) is 7. The van der Waals surface area contributed by atoms with Crippen LogP contribution in [0.15, 0.2) is 48.6 Å². The fourth-order valence-corrected chi connectivity index (χ4v) is 8.00. The van der Waals surface area contributed by atoms with E-state index in [1.807, 2.05) is 21.1 Å². The number of quaternary nitrogens is 1. The molecule has 0 bridgehead atoms. The highest BCUT2D eigenvalue weighted by Crippen LogP contribution is 2.43. The summed E-state index contributed by atoms with van der Waals surface area (Å²) in [4.78, 5) is 35.6. The van der Waals surface area contributed by atoms with Crippen molar-refractivity contribution in [2.24, 2.45) is 0 Å². The van der Waals surface area contributed by atoms with Crippen LogP contribution in [0.3, 0.4) is 0 Å². The highest BCUT2D eigenvalue weighted by atomic mass is 31.2. The van der Waals surface area contributed by atoms with E-state index in [0.29, 0.717) is 17.4 Å². The number of phosphoric acid groups is 1. The first-order chi connectivity index (χ1) is 31.0. The molecule has 0 saturated carbocycles. The Bertz CT molecular complexity index is 1230. The van der Waals surface area contributed by atoms with E-state index in [1.165, 1.54) is 135 Å². The van der Waals surface area contributed by atoms with Crippen LogP contribution in [0, 0.1) is 0 Å². The van der Waals surface area contributed by atoms with E-state index >= 15 is 0 Å². The number of phosphoric ester groups is 1. The average molecular weight is 923 g/mol. The third-order valence-electron chi connectivity index (χ3n) is 11.3. The Labute approximate surface area is 394 Å². The van der Waals surface area contributed by atoms with Gasteiger partial charge in [-0.05, 0) is 70.6 Å². The first kappa shape index (κ1) is 62.0. The van der Waals surface area contributed by atoms with E-state index < -0.39 is 26.5 Å². The smallest absolute Gasteiger partial charge is 0.462 e. The second kappa shape index (κ2) is 46.1. The number of rotatable bonds is 48. The molecule has 0 aromatic rings. The zero-order chi connectivity index (χ0) is 47.1. The lowest BCUT2D eigenvalue weighted by atomic mass is 10.0. The summed E-state index contributed by atoms with van der Waals surface area (Å²) in [7, 11) is 1.47. The summed E-state index contributed by atoms with van der Waals surface area (Å²) < 4.78 is 34.5. The third-order valence-corrected chi connectivity index (χ3v) is 12.3. The summed E-state index contributed by atoms with van der Waals surface area (Å²) in [6.45, 7) is 4.32. The Hall–Kier alpha value is -2.03. The second-order valence-corrected chi connectivity index (χ2v) is 20.3. The number of allylic oxidation sites excluding steroid dienone is 8. The number of ether oxygens (including phenoxy) is 2. The van der Waals surface area contributed by atoms with Gasteiger partial charge in [0.05, 0.1) is 27.7 Å². The molecule has 2 unspecified atom stereocenters. The van der Waals surface area contributed by atoms with Crippen LogP contribution in [0.2, 0.25) is 0 Å². The van der Waals surface area contributed by atoms with E-state index in [0.717, 1.165) is 64.2 Å². The van der Waals surface area contributed by atoms with E-state index in [4.69, 9.17) is 18.5 Å². The molecule has 0 saturated heterocycles. The van der Waals surface area contributed by atoms with Crippen LogP contribution in [0.4, 0.5) is 0 Å². The molecule has 0 aromatic heterocycles. The highest BCUT2D eigenvalue weighted by molar-refractivity contribution is 7.47. The SMILES string of the molecule is CC/C=C\C/C=C\C/C=C\CCCCCCCCCC(=O)OC(COC(=O)CCCCCCCCCCCCC/C=C\CCCCCCCCCC)COP(=O)(O)OCC[N+](C)(C)C. The quantitative estimate of drug-likeness (QED) is 0.0211. The second-order valence-electron chi connectivity index (χ2n) is 18.9. The van der Waals surface area contributed by atoms with Crippen LogP contribution in [-0.2, 0) is 32.7 Å². The summed E-state index contributed by atoms with van der Waals surface area (Å²) >= 11 is 0. The summed E-state index contributed by atoms with van der Waals surface area (Å²) in [6.07, 6.45) is 56.0. The molecule has 0 aliphatic rings. The molecule has 9 nitrogen and oxygen atoms in total. The van der Waals surface area contributed by atoms with Crippen molar-refractivity contribution < 1.29 is 42.1 Å². The van der Waals surface area contributed by atoms with Crippen molar-refractivity contribution in [3.63, 3.8) is 0 Å². The predicted octanol–water partition coefficient (Wildman–Crippen LogP) is 15.8. The number of likely N-dealkylation sites (N-methyl/N-ethyl adjacent to an activating group) is 1. The lowest BCUT2D eigenvalue weighted by Gasteiger charge is -2.24. The molecule has 0 amide bonds.